The van der Waals surface area contributed by atoms with Crippen LogP contribution >= 0.6 is 0 Å². The minimum atomic E-state index is -1.23. The van der Waals surface area contributed by atoms with Gasteiger partial charge in [-0.1, -0.05) is 77.0 Å². The van der Waals surface area contributed by atoms with Gasteiger partial charge in [-0.25, -0.2) is 14.4 Å². The average molecular weight is 1770 g/mol. The van der Waals surface area contributed by atoms with Gasteiger partial charge < -0.3 is 100 Å². The highest BCUT2D eigenvalue weighted by atomic mass is 16.5. The molecule has 0 spiro atoms. The van der Waals surface area contributed by atoms with Gasteiger partial charge in [0.15, 0.2) is 11.6 Å². The van der Waals surface area contributed by atoms with Gasteiger partial charge in [-0.05, 0) is 146 Å². The van der Waals surface area contributed by atoms with Crippen molar-refractivity contribution in [3.05, 3.63) is 59.7 Å². The molecule has 0 aliphatic heterocycles. The third-order valence-electron chi connectivity index (χ3n) is 20.1. The standard InChI is InChI=1S/C90H142N6O29/c1-67(97)70(24-16-18-42-92-83(105)64-121-57-53-117-47-23-28-75(100)63-120-56-54-118-50-44-94-81(103)41-40-78(89(114)115)96-82(104)29-15-11-7-5-9-13-21-49-125-77-38-33-69(34-39-77)87(110)111)61-79(101)71(62-80(102)90(2,3)91)25-17-19-43-93-84(106)65-123-59-55-119-51-45-95-85(107)66-122-58-52-116-46-22-27-73(98)35-30-72(88(112)113)60-74(99)26-14-10-6-4-8-12-20-48-124-76-36-31-68(32-37-76)86(108)109/h31-34,36-39,70-72,78H,4-30,35,40-66,91H2,1-3H3,(H,92,105)(H,93,106)(H,94,103)(H,95,107)(H,96,104)(H,108,109)(H,110,111)(H,112,113)(H,114,115)/t70-,71-,72-,78+/m1/s1. The van der Waals surface area contributed by atoms with Crippen LogP contribution in [0.3, 0.4) is 0 Å². The van der Waals surface area contributed by atoms with Crippen LogP contribution in [0.1, 0.15) is 253 Å². The summed E-state index contributed by atoms with van der Waals surface area (Å²) < 4.78 is 54.8. The molecule has 2 aromatic carbocycles. The molecule has 706 valence electrons. The lowest BCUT2D eigenvalue weighted by molar-refractivity contribution is -0.144. The van der Waals surface area contributed by atoms with Gasteiger partial charge in [-0.15, -0.1) is 0 Å². The average Bonchev–Trinajstić information content (AvgIpc) is 0.876. The molecule has 125 heavy (non-hydrogen) atoms. The monoisotopic (exact) mass is 1770 g/mol. The summed E-state index contributed by atoms with van der Waals surface area (Å²) in [7, 11) is 0. The van der Waals surface area contributed by atoms with Crippen LogP contribution < -0.4 is 41.8 Å². The fraction of sp³-hybridized carbons (Fsp3) is 0.700. The Bertz CT molecular complexity index is 3450. The zero-order valence-electron chi connectivity index (χ0n) is 73.9. The van der Waals surface area contributed by atoms with E-state index in [1.54, 1.807) is 38.1 Å². The number of benzene rings is 2. The molecule has 0 radical (unpaired) electrons. The van der Waals surface area contributed by atoms with Crippen molar-refractivity contribution >= 4 is 88.1 Å². The second-order valence-corrected chi connectivity index (χ2v) is 31.5. The first-order valence-electron chi connectivity index (χ1n) is 44.3. The maximum atomic E-state index is 13.7. The fourth-order valence-electron chi connectivity index (χ4n) is 12.6. The zero-order valence-corrected chi connectivity index (χ0v) is 73.9. The van der Waals surface area contributed by atoms with E-state index in [2.05, 4.69) is 26.6 Å². The summed E-state index contributed by atoms with van der Waals surface area (Å²) in [6.45, 7) is 8.06. The Hall–Kier alpha value is -9.07. The number of hydrogen-bond acceptors (Lipinski definition) is 26. The van der Waals surface area contributed by atoms with E-state index >= 15 is 0 Å². The van der Waals surface area contributed by atoms with E-state index in [1.165, 1.54) is 31.2 Å². The molecule has 0 aliphatic carbocycles. The molecule has 0 aromatic heterocycles. The Morgan fingerprint density at radius 1 is 0.328 bits per heavy atom. The first kappa shape index (κ1) is 112. The third-order valence-corrected chi connectivity index (χ3v) is 20.1. The summed E-state index contributed by atoms with van der Waals surface area (Å²) >= 11 is 0. The van der Waals surface area contributed by atoms with Crippen LogP contribution in [-0.4, -0.2) is 265 Å². The molecule has 5 amide bonds. The number of ketones is 6. The highest BCUT2D eigenvalue weighted by molar-refractivity contribution is 5.94. The van der Waals surface area contributed by atoms with Gasteiger partial charge >= 0.3 is 23.9 Å². The Labute approximate surface area is 735 Å². The van der Waals surface area contributed by atoms with Gasteiger partial charge in [-0.2, -0.15) is 0 Å². The maximum Gasteiger partial charge on any atom is 0.335 e. The number of nitrogens with two attached hydrogens (primary N) is 1. The van der Waals surface area contributed by atoms with Crippen molar-refractivity contribution in [1.29, 1.82) is 0 Å². The van der Waals surface area contributed by atoms with Gasteiger partial charge in [0.1, 0.15) is 67.1 Å². The number of carboxylic acids is 4. The summed E-state index contributed by atoms with van der Waals surface area (Å²) in [5.74, 6) is -8.09. The molecule has 0 saturated carbocycles. The SMILES string of the molecule is CC(=O)[C@H](CCCCNC(=O)COCCOCCCC(=O)COCCOCCNC(=O)CC[C@H](NC(=O)CCCCCCCCCOc1ccc(C(=O)O)cc1)C(=O)O)CC(=O)[C@H](CCCCNC(=O)COCCOCCNC(=O)COCCOCCCC(=O)CC[C@H](CC(=O)CCCCCCCCCOc1ccc(C(=O)O)cc1)C(=O)O)CC(=O)C(C)(C)N. The molecule has 0 unspecified atom stereocenters. The van der Waals surface area contributed by atoms with E-state index in [0.29, 0.717) is 108 Å². The molecule has 11 N–H and O–H groups in total. The van der Waals surface area contributed by atoms with Crippen LogP contribution in [0.15, 0.2) is 48.5 Å². The molecule has 35 nitrogen and oxygen atoms in total. The molecule has 0 saturated heterocycles. The van der Waals surface area contributed by atoms with Crippen molar-refractivity contribution in [2.24, 2.45) is 23.5 Å². The molecule has 0 bridgehead atoms. The topological polar surface area (TPSA) is 515 Å². The molecular formula is C90H142N6O29. The Kier molecular flexibility index (Phi) is 64.5. The third kappa shape index (κ3) is 62.7. The summed E-state index contributed by atoms with van der Waals surface area (Å²) in [6.07, 6.45) is 16.9. The molecule has 4 atom stereocenters. The van der Waals surface area contributed by atoms with E-state index in [0.717, 1.165) is 77.0 Å². The normalized spacial score (nSPS) is 12.3. The summed E-state index contributed by atoms with van der Waals surface area (Å²) in [4.78, 5) is 184. The number of carboxylic acid groups (broad SMARTS) is 4. The van der Waals surface area contributed by atoms with Crippen LogP contribution in [0.4, 0.5) is 0 Å². The molecule has 2 rings (SSSR count). The van der Waals surface area contributed by atoms with Crippen LogP contribution in [-0.2, 0) is 100 Å². The van der Waals surface area contributed by atoms with Crippen LogP contribution in [0.25, 0.3) is 0 Å². The lowest BCUT2D eigenvalue weighted by atomic mass is 9.82. The number of aromatic carboxylic acids is 2. The highest BCUT2D eigenvalue weighted by Crippen LogP contribution is 2.25. The minimum absolute atomic E-state index is 0.0498. The second kappa shape index (κ2) is 72.0. The van der Waals surface area contributed by atoms with Crippen molar-refractivity contribution < 1.29 is 140 Å². The van der Waals surface area contributed by atoms with Crippen LogP contribution in [0, 0.1) is 17.8 Å². The summed E-state index contributed by atoms with van der Waals surface area (Å²) in [5.41, 5.74) is 5.33. The number of unbranched alkanes of at least 4 members (excludes halogenated alkanes) is 14. The van der Waals surface area contributed by atoms with E-state index in [9.17, 15) is 82.1 Å². The van der Waals surface area contributed by atoms with Crippen LogP contribution in [0.5, 0.6) is 11.5 Å². The minimum Gasteiger partial charge on any atom is -0.494 e. The molecule has 0 heterocycles. The second-order valence-electron chi connectivity index (χ2n) is 31.5. The number of rotatable bonds is 86. The maximum absolute atomic E-state index is 13.7. The quantitative estimate of drug-likeness (QED) is 0.0277. The number of ether oxygens (including phenoxy) is 10. The zero-order chi connectivity index (χ0) is 91.9. The lowest BCUT2D eigenvalue weighted by Crippen LogP contribution is -2.43. The van der Waals surface area contributed by atoms with E-state index in [1.807, 2.05) is 0 Å². The molecule has 0 aliphatic rings. The van der Waals surface area contributed by atoms with Crippen molar-refractivity contribution in [2.45, 2.75) is 244 Å². The van der Waals surface area contributed by atoms with Crippen molar-refractivity contribution in [3.63, 3.8) is 0 Å². The number of aliphatic carboxylic acids is 2. The Balaban J connectivity index is 1.42. The largest absolute Gasteiger partial charge is 0.494 e. The number of amides is 5. The Morgan fingerprint density at radius 2 is 0.728 bits per heavy atom. The van der Waals surface area contributed by atoms with Crippen LogP contribution in [0.2, 0.25) is 0 Å². The number of Topliss-reactive ketones (excluding diaryl/α,β-unsaturated/α-hetero) is 6. The van der Waals surface area contributed by atoms with E-state index in [-0.39, 0.29) is 252 Å². The number of hydrogen-bond donors (Lipinski definition) is 10. The molecule has 0 fully saturated rings. The predicted octanol–water partition coefficient (Wildman–Crippen LogP) is 8.69. The smallest absolute Gasteiger partial charge is 0.335 e. The first-order valence-corrected chi connectivity index (χ1v) is 44.3. The molecular weight excluding hydrogens is 1630 g/mol. The summed E-state index contributed by atoms with van der Waals surface area (Å²) in [5, 5.41) is 50.6. The highest BCUT2D eigenvalue weighted by Gasteiger charge is 2.31. The Morgan fingerprint density at radius 3 is 1.18 bits per heavy atom. The van der Waals surface area contributed by atoms with Gasteiger partial charge in [0, 0.05) is 109 Å². The number of carbonyl (C=O) groups excluding carboxylic acids is 11. The first-order chi connectivity index (χ1) is 60.0. The summed E-state index contributed by atoms with van der Waals surface area (Å²) in [6, 6.07) is 11.3. The van der Waals surface area contributed by atoms with E-state index in [4.69, 9.17) is 63.3 Å². The number of carbonyl (C=O) groups is 15. The van der Waals surface area contributed by atoms with Gasteiger partial charge in [0.2, 0.25) is 29.5 Å². The van der Waals surface area contributed by atoms with Gasteiger partial charge in [0.25, 0.3) is 0 Å². The molecule has 35 heteroatoms. The predicted molar refractivity (Wildman–Crippen MR) is 460 cm³/mol. The fourth-order valence-corrected chi connectivity index (χ4v) is 12.6. The lowest BCUT2D eigenvalue weighted by Gasteiger charge is -2.23. The van der Waals surface area contributed by atoms with Crippen molar-refractivity contribution in [3.8, 4) is 11.5 Å². The van der Waals surface area contributed by atoms with Crippen molar-refractivity contribution in [2.75, 3.05) is 145 Å². The molecule has 2 aromatic rings. The van der Waals surface area contributed by atoms with Gasteiger partial charge in [0.05, 0.1) is 102 Å². The van der Waals surface area contributed by atoms with Crippen molar-refractivity contribution in [1.82, 2.24) is 26.6 Å². The van der Waals surface area contributed by atoms with Gasteiger partial charge in [-0.3, -0.25) is 57.5 Å². The van der Waals surface area contributed by atoms with E-state index < -0.39 is 59.1 Å². The number of nitrogens with one attached hydrogen (secondary N) is 5.